The topological polar surface area (TPSA) is 61.8 Å². The molecule has 150 valence electrons. The molecular weight excluding hydrogens is 374 g/mol. The lowest BCUT2D eigenvalue weighted by atomic mass is 9.72. The summed E-state index contributed by atoms with van der Waals surface area (Å²) in [5, 5.41) is 0. The number of hydrogen-bond acceptors (Lipinski definition) is 5. The highest BCUT2D eigenvalue weighted by molar-refractivity contribution is 5.72. The molecule has 5 nitrogen and oxygen atoms in total. The van der Waals surface area contributed by atoms with Crippen LogP contribution in [-0.2, 0) is 23.8 Å². The molecule has 0 aromatic rings. The minimum absolute atomic E-state index is 0.252. The molecule has 2 bridgehead atoms. The van der Waals surface area contributed by atoms with Crippen molar-refractivity contribution >= 4 is 11.9 Å². The predicted molar refractivity (Wildman–Crippen MR) is 72.7 cm³/mol. The Morgan fingerprint density at radius 1 is 0.962 bits per heavy atom. The molecule has 0 saturated carbocycles. The van der Waals surface area contributed by atoms with Gasteiger partial charge in [0.05, 0.1) is 0 Å². The Hall–Kier alpha value is -1.52. The summed E-state index contributed by atoms with van der Waals surface area (Å²) in [6.07, 6.45) is -16.6. The van der Waals surface area contributed by atoms with Gasteiger partial charge in [-0.05, 0) is 18.8 Å². The first-order chi connectivity index (χ1) is 11.6. The van der Waals surface area contributed by atoms with Crippen molar-refractivity contribution in [2.75, 3.05) is 0 Å². The lowest BCUT2D eigenvalue weighted by molar-refractivity contribution is -0.208. The molecular formula is C15H18F6O5. The first-order valence-electron chi connectivity index (χ1n) is 7.84. The molecule has 2 fully saturated rings. The molecule has 0 radical (unpaired) electrons. The van der Waals surface area contributed by atoms with Gasteiger partial charge in [-0.2, -0.15) is 26.3 Å². The number of ether oxygens (including phenoxy) is 3. The van der Waals surface area contributed by atoms with Gasteiger partial charge in [-0.1, -0.05) is 13.8 Å². The Bertz CT molecular complexity index is 574. The monoisotopic (exact) mass is 392 g/mol. The average Bonchev–Trinajstić information content (AvgIpc) is 2.81. The van der Waals surface area contributed by atoms with E-state index in [1.165, 1.54) is 6.92 Å². The van der Waals surface area contributed by atoms with Crippen LogP contribution in [-0.4, -0.2) is 48.2 Å². The van der Waals surface area contributed by atoms with E-state index in [-0.39, 0.29) is 11.8 Å². The zero-order valence-corrected chi connectivity index (χ0v) is 14.1. The van der Waals surface area contributed by atoms with Gasteiger partial charge in [0.2, 0.25) is 0 Å². The van der Waals surface area contributed by atoms with Gasteiger partial charge >= 0.3 is 24.3 Å². The molecule has 26 heavy (non-hydrogen) atoms. The number of carbonyl (C=O) groups is 2. The lowest BCUT2D eigenvalue weighted by Crippen LogP contribution is -2.58. The summed E-state index contributed by atoms with van der Waals surface area (Å²) in [7, 11) is 0. The number of rotatable bonds is 4. The van der Waals surface area contributed by atoms with E-state index in [4.69, 9.17) is 14.2 Å². The van der Waals surface area contributed by atoms with Crippen LogP contribution < -0.4 is 0 Å². The minimum atomic E-state index is -4.81. The second-order valence-corrected chi connectivity index (χ2v) is 6.89. The molecule has 2 aliphatic heterocycles. The van der Waals surface area contributed by atoms with Crippen LogP contribution in [0.2, 0.25) is 0 Å². The first-order valence-corrected chi connectivity index (χ1v) is 7.84. The highest BCUT2D eigenvalue weighted by Gasteiger charge is 2.67. The van der Waals surface area contributed by atoms with E-state index in [2.05, 4.69) is 0 Å². The molecule has 0 amide bonds. The Kier molecular flexibility index (Phi) is 5.26. The molecule has 0 aromatic carbocycles. The summed E-state index contributed by atoms with van der Waals surface area (Å²) in [5.41, 5.74) is -1.81. The van der Waals surface area contributed by atoms with Crippen LogP contribution in [0.5, 0.6) is 0 Å². The fourth-order valence-corrected chi connectivity index (χ4v) is 3.58. The second-order valence-electron chi connectivity index (χ2n) is 6.89. The number of halogens is 6. The zero-order chi connectivity index (χ0) is 20.1. The molecule has 2 saturated heterocycles. The Morgan fingerprint density at radius 3 is 1.96 bits per heavy atom. The summed E-state index contributed by atoms with van der Waals surface area (Å²) < 4.78 is 89.5. The first kappa shape index (κ1) is 20.8. The van der Waals surface area contributed by atoms with Crippen LogP contribution >= 0.6 is 0 Å². The van der Waals surface area contributed by atoms with Crippen molar-refractivity contribution in [3.05, 3.63) is 0 Å². The van der Waals surface area contributed by atoms with E-state index in [1.807, 2.05) is 0 Å². The lowest BCUT2D eigenvalue weighted by Gasteiger charge is -2.41. The largest absolute Gasteiger partial charge is 0.455 e. The molecule has 0 N–H and O–H groups in total. The van der Waals surface area contributed by atoms with Gasteiger partial charge in [0, 0.05) is 0 Å². The van der Waals surface area contributed by atoms with Gasteiger partial charge < -0.3 is 14.2 Å². The molecule has 6 atom stereocenters. The van der Waals surface area contributed by atoms with Crippen molar-refractivity contribution in [3.8, 4) is 0 Å². The van der Waals surface area contributed by atoms with Crippen LogP contribution in [0.1, 0.15) is 33.6 Å². The van der Waals surface area contributed by atoms with E-state index in [1.54, 1.807) is 13.8 Å². The van der Waals surface area contributed by atoms with Crippen LogP contribution in [0.3, 0.4) is 0 Å². The van der Waals surface area contributed by atoms with Crippen molar-refractivity contribution in [3.63, 3.8) is 0 Å². The quantitative estimate of drug-likeness (QED) is 0.543. The molecule has 0 aliphatic carbocycles. The summed E-state index contributed by atoms with van der Waals surface area (Å²) in [5.74, 6) is -3.75. The number of alkyl halides is 6. The molecule has 6 unspecified atom stereocenters. The van der Waals surface area contributed by atoms with Crippen molar-refractivity contribution in [2.45, 2.75) is 69.9 Å². The van der Waals surface area contributed by atoms with E-state index in [0.29, 0.717) is 0 Å². The maximum Gasteiger partial charge on any atom is 0.399 e. The number of fused-ring (bicyclic) bond motifs is 2. The Morgan fingerprint density at radius 2 is 1.46 bits per heavy atom. The molecule has 0 aromatic heterocycles. The highest BCUT2D eigenvalue weighted by Crippen LogP contribution is 2.51. The summed E-state index contributed by atoms with van der Waals surface area (Å²) >= 11 is 0. The van der Waals surface area contributed by atoms with E-state index < -0.39 is 61.0 Å². The highest BCUT2D eigenvalue weighted by atomic mass is 19.4. The van der Waals surface area contributed by atoms with Gasteiger partial charge in [0.25, 0.3) is 0 Å². The SMILES string of the molecule is CC1C(C)C2OC1C(OC(=O)CC(F)(F)F)C2(C)OC(=O)CC(F)(F)F. The maximum atomic E-state index is 12.4. The van der Waals surface area contributed by atoms with Crippen LogP contribution in [0, 0.1) is 11.8 Å². The number of esters is 2. The van der Waals surface area contributed by atoms with Crippen LogP contribution in [0.25, 0.3) is 0 Å². The van der Waals surface area contributed by atoms with E-state index in [0.717, 1.165) is 0 Å². The predicted octanol–water partition coefficient (Wildman–Crippen LogP) is 3.16. The van der Waals surface area contributed by atoms with Crippen molar-refractivity contribution in [2.24, 2.45) is 11.8 Å². The van der Waals surface area contributed by atoms with Gasteiger partial charge in [-0.25, -0.2) is 0 Å². The molecule has 11 heteroatoms. The van der Waals surface area contributed by atoms with Crippen LogP contribution in [0.15, 0.2) is 0 Å². The molecule has 2 aliphatic rings. The van der Waals surface area contributed by atoms with Gasteiger partial charge in [0.15, 0.2) is 11.7 Å². The third kappa shape index (κ3) is 4.24. The fraction of sp³-hybridized carbons (Fsp3) is 0.867. The zero-order valence-electron chi connectivity index (χ0n) is 14.1. The van der Waals surface area contributed by atoms with Gasteiger partial charge in [-0.3, -0.25) is 9.59 Å². The smallest absolute Gasteiger partial charge is 0.399 e. The van der Waals surface area contributed by atoms with Crippen LogP contribution in [0.4, 0.5) is 26.3 Å². The van der Waals surface area contributed by atoms with Gasteiger partial charge in [0.1, 0.15) is 25.0 Å². The van der Waals surface area contributed by atoms with E-state index in [9.17, 15) is 35.9 Å². The third-order valence-electron chi connectivity index (χ3n) is 4.84. The Balaban J connectivity index is 2.20. The number of carbonyl (C=O) groups excluding carboxylic acids is 2. The fourth-order valence-electron chi connectivity index (χ4n) is 3.58. The number of hydrogen-bond donors (Lipinski definition) is 0. The second kappa shape index (κ2) is 6.58. The minimum Gasteiger partial charge on any atom is -0.455 e. The average molecular weight is 392 g/mol. The summed E-state index contributed by atoms with van der Waals surface area (Å²) in [6.45, 7) is 4.62. The maximum absolute atomic E-state index is 12.4. The normalized spacial score (nSPS) is 36.9. The van der Waals surface area contributed by atoms with Crippen molar-refractivity contribution in [1.29, 1.82) is 0 Å². The molecule has 2 rings (SSSR count). The molecule has 0 spiro atoms. The Labute approximate surface area is 144 Å². The third-order valence-corrected chi connectivity index (χ3v) is 4.84. The summed E-state index contributed by atoms with van der Waals surface area (Å²) in [6, 6.07) is 0. The standard InChI is InChI=1S/C15H18F6O5/c1-6-7(2)11-13(3,26-9(23)5-15(19,20)21)12(10(6)25-11)24-8(22)4-14(16,17)18/h6-7,10-12H,4-5H2,1-3H3. The van der Waals surface area contributed by atoms with Crippen molar-refractivity contribution in [1.82, 2.24) is 0 Å². The van der Waals surface area contributed by atoms with Crippen molar-refractivity contribution < 1.29 is 50.1 Å². The van der Waals surface area contributed by atoms with Gasteiger partial charge in [-0.15, -0.1) is 0 Å². The van der Waals surface area contributed by atoms with E-state index >= 15 is 0 Å². The molecule has 2 heterocycles. The summed E-state index contributed by atoms with van der Waals surface area (Å²) in [4.78, 5) is 23.2.